The van der Waals surface area contributed by atoms with E-state index in [4.69, 9.17) is 4.98 Å². The van der Waals surface area contributed by atoms with Crippen LogP contribution in [0.5, 0.6) is 0 Å². The van der Waals surface area contributed by atoms with Gasteiger partial charge in [-0.25, -0.2) is 4.98 Å². The van der Waals surface area contributed by atoms with Gasteiger partial charge in [0.2, 0.25) is 5.91 Å². The number of hydrogen-bond acceptors (Lipinski definition) is 4. The van der Waals surface area contributed by atoms with Gasteiger partial charge in [0.05, 0.1) is 23.1 Å². The lowest BCUT2D eigenvalue weighted by Crippen LogP contribution is -2.49. The summed E-state index contributed by atoms with van der Waals surface area (Å²) in [4.78, 5) is 25.0. The molecule has 4 rings (SSSR count). The van der Waals surface area contributed by atoms with Gasteiger partial charge in [-0.3, -0.25) is 14.7 Å². The number of amides is 1. The lowest BCUT2D eigenvalue weighted by Gasteiger charge is -2.42. The van der Waals surface area contributed by atoms with E-state index in [1.807, 2.05) is 4.90 Å². The van der Waals surface area contributed by atoms with Crippen LogP contribution in [0.2, 0.25) is 0 Å². The molecule has 3 heterocycles. The van der Waals surface area contributed by atoms with Gasteiger partial charge in [-0.15, -0.1) is 0 Å². The Morgan fingerprint density at radius 1 is 1.10 bits per heavy atom. The average molecular weight is 432 g/mol. The van der Waals surface area contributed by atoms with Crippen LogP contribution in [0.25, 0.3) is 11.3 Å². The SMILES string of the molecule is CC(=O)N1CCC(N2CCC[C@@H](c3cncc(-c4cccc(C(F)(F)F)c4)n3)C2)CC1. The van der Waals surface area contributed by atoms with Crippen molar-refractivity contribution in [3.8, 4) is 11.3 Å². The first-order chi connectivity index (χ1) is 14.8. The van der Waals surface area contributed by atoms with Crippen molar-refractivity contribution in [3.05, 3.63) is 47.9 Å². The third-order valence-electron chi connectivity index (χ3n) is 6.44. The van der Waals surface area contributed by atoms with Gasteiger partial charge in [0.15, 0.2) is 0 Å². The predicted molar refractivity (Wildman–Crippen MR) is 111 cm³/mol. The summed E-state index contributed by atoms with van der Waals surface area (Å²) in [5.74, 6) is 0.342. The Morgan fingerprint density at radius 2 is 1.87 bits per heavy atom. The maximum Gasteiger partial charge on any atom is 0.416 e. The van der Waals surface area contributed by atoms with Crippen LogP contribution in [-0.4, -0.2) is 57.9 Å². The molecule has 2 saturated heterocycles. The van der Waals surface area contributed by atoms with Crippen LogP contribution in [0.4, 0.5) is 13.2 Å². The summed E-state index contributed by atoms with van der Waals surface area (Å²) in [6.07, 6.45) is 2.87. The molecule has 2 aliphatic heterocycles. The van der Waals surface area contributed by atoms with Crippen LogP contribution in [0, 0.1) is 0 Å². The van der Waals surface area contributed by atoms with Crippen molar-refractivity contribution in [2.24, 2.45) is 0 Å². The molecule has 0 bridgehead atoms. The Bertz CT molecular complexity index is 925. The molecule has 0 saturated carbocycles. The Kier molecular flexibility index (Phi) is 6.27. The van der Waals surface area contributed by atoms with Gasteiger partial charge in [-0.05, 0) is 44.4 Å². The molecule has 31 heavy (non-hydrogen) atoms. The van der Waals surface area contributed by atoms with Gasteiger partial charge in [0.25, 0.3) is 0 Å². The number of alkyl halides is 3. The van der Waals surface area contributed by atoms with Crippen molar-refractivity contribution in [2.45, 2.75) is 50.7 Å². The third kappa shape index (κ3) is 5.06. The molecule has 1 aromatic carbocycles. The standard InChI is InChI=1S/C23H27F3N4O/c1-16(31)29-10-7-20(8-11-29)30-9-3-5-18(15-30)22-14-27-13-21(28-22)17-4-2-6-19(12-17)23(24,25)26/h2,4,6,12-14,18,20H,3,5,7-11,15H2,1H3/t18-/m1/s1. The zero-order valence-electron chi connectivity index (χ0n) is 17.6. The Morgan fingerprint density at radius 3 is 2.58 bits per heavy atom. The van der Waals surface area contributed by atoms with Gasteiger partial charge >= 0.3 is 6.18 Å². The highest BCUT2D eigenvalue weighted by molar-refractivity contribution is 5.73. The number of hydrogen-bond donors (Lipinski definition) is 0. The molecule has 8 heteroatoms. The number of nitrogens with zero attached hydrogens (tertiary/aromatic N) is 4. The van der Waals surface area contributed by atoms with Gasteiger partial charge in [-0.2, -0.15) is 13.2 Å². The highest BCUT2D eigenvalue weighted by Gasteiger charge is 2.32. The monoisotopic (exact) mass is 432 g/mol. The molecule has 0 spiro atoms. The van der Waals surface area contributed by atoms with E-state index in [-0.39, 0.29) is 11.8 Å². The number of carbonyl (C=O) groups excluding carboxylic acids is 1. The van der Waals surface area contributed by atoms with Crippen molar-refractivity contribution < 1.29 is 18.0 Å². The summed E-state index contributed by atoms with van der Waals surface area (Å²) in [5.41, 5.74) is 1.04. The van der Waals surface area contributed by atoms with Crippen molar-refractivity contribution >= 4 is 5.91 Å². The quantitative estimate of drug-likeness (QED) is 0.724. The van der Waals surface area contributed by atoms with E-state index in [1.165, 1.54) is 12.3 Å². The largest absolute Gasteiger partial charge is 0.416 e. The highest BCUT2D eigenvalue weighted by Crippen LogP contribution is 2.33. The fourth-order valence-corrected chi connectivity index (χ4v) is 4.70. The van der Waals surface area contributed by atoms with E-state index in [9.17, 15) is 18.0 Å². The van der Waals surface area contributed by atoms with Gasteiger partial charge in [-0.1, -0.05) is 12.1 Å². The second-order valence-corrected chi connectivity index (χ2v) is 8.48. The Balaban J connectivity index is 1.47. The zero-order chi connectivity index (χ0) is 22.0. The smallest absolute Gasteiger partial charge is 0.343 e. The first kappa shape index (κ1) is 21.7. The normalized spacial score (nSPS) is 21.3. The minimum absolute atomic E-state index is 0.136. The Hall–Kier alpha value is -2.48. The number of piperidine rings is 2. The lowest BCUT2D eigenvalue weighted by atomic mass is 9.91. The lowest BCUT2D eigenvalue weighted by molar-refractivity contribution is -0.137. The molecule has 2 fully saturated rings. The summed E-state index contributed by atoms with van der Waals surface area (Å²) in [7, 11) is 0. The number of benzene rings is 1. The van der Waals surface area contributed by atoms with Crippen LogP contribution < -0.4 is 0 Å². The molecule has 0 aliphatic carbocycles. The fourth-order valence-electron chi connectivity index (χ4n) is 4.70. The average Bonchev–Trinajstić information content (AvgIpc) is 2.79. The van der Waals surface area contributed by atoms with Gasteiger partial charge < -0.3 is 4.90 Å². The highest BCUT2D eigenvalue weighted by atomic mass is 19.4. The maximum absolute atomic E-state index is 13.1. The predicted octanol–water partition coefficient (Wildman–Crippen LogP) is 4.35. The summed E-state index contributed by atoms with van der Waals surface area (Å²) < 4.78 is 39.2. The molecule has 0 N–H and O–H groups in total. The minimum Gasteiger partial charge on any atom is -0.343 e. The zero-order valence-corrected chi connectivity index (χ0v) is 17.6. The topological polar surface area (TPSA) is 49.3 Å². The van der Waals surface area contributed by atoms with Crippen LogP contribution in [-0.2, 0) is 11.0 Å². The van der Waals surface area contributed by atoms with Crippen LogP contribution in [0.3, 0.4) is 0 Å². The van der Waals surface area contributed by atoms with E-state index >= 15 is 0 Å². The van der Waals surface area contributed by atoms with Crippen LogP contribution in [0.1, 0.15) is 49.8 Å². The van der Waals surface area contributed by atoms with Crippen molar-refractivity contribution in [1.29, 1.82) is 0 Å². The van der Waals surface area contributed by atoms with Gasteiger partial charge in [0, 0.05) is 50.3 Å². The molecule has 166 valence electrons. The van der Waals surface area contributed by atoms with E-state index in [0.717, 1.165) is 69.7 Å². The Labute approximate surface area is 180 Å². The molecule has 0 unspecified atom stereocenters. The maximum atomic E-state index is 13.1. The molecule has 1 aromatic heterocycles. The first-order valence-corrected chi connectivity index (χ1v) is 10.8. The van der Waals surface area contributed by atoms with Crippen molar-refractivity contribution in [2.75, 3.05) is 26.2 Å². The summed E-state index contributed by atoms with van der Waals surface area (Å²) >= 11 is 0. The summed E-state index contributed by atoms with van der Waals surface area (Å²) in [5, 5.41) is 0. The second-order valence-electron chi connectivity index (χ2n) is 8.48. The molecule has 2 aliphatic rings. The second kappa shape index (κ2) is 8.94. The van der Waals surface area contributed by atoms with E-state index < -0.39 is 11.7 Å². The molecule has 2 aromatic rings. The number of halogens is 3. The molecule has 1 amide bonds. The van der Waals surface area contributed by atoms with Crippen LogP contribution in [0.15, 0.2) is 36.7 Å². The molecule has 0 radical (unpaired) electrons. The molecular formula is C23H27F3N4O. The summed E-state index contributed by atoms with van der Waals surface area (Å²) in [6, 6.07) is 5.69. The summed E-state index contributed by atoms with van der Waals surface area (Å²) in [6.45, 7) is 5.11. The fraction of sp³-hybridized carbons (Fsp3) is 0.522. The van der Waals surface area contributed by atoms with Crippen molar-refractivity contribution in [3.63, 3.8) is 0 Å². The molecular weight excluding hydrogens is 405 g/mol. The molecule has 5 nitrogen and oxygen atoms in total. The van der Waals surface area contributed by atoms with E-state index in [2.05, 4.69) is 9.88 Å². The number of carbonyl (C=O) groups is 1. The van der Waals surface area contributed by atoms with Crippen LogP contribution >= 0.6 is 0 Å². The van der Waals surface area contributed by atoms with Crippen molar-refractivity contribution in [1.82, 2.24) is 19.8 Å². The number of rotatable bonds is 3. The minimum atomic E-state index is -4.39. The number of likely N-dealkylation sites (tertiary alicyclic amines) is 2. The first-order valence-electron chi connectivity index (χ1n) is 10.8. The number of aromatic nitrogens is 2. The van der Waals surface area contributed by atoms with E-state index in [1.54, 1.807) is 19.2 Å². The van der Waals surface area contributed by atoms with Gasteiger partial charge in [0.1, 0.15) is 0 Å². The molecule has 1 atom stereocenters. The third-order valence-corrected chi connectivity index (χ3v) is 6.44. The van der Waals surface area contributed by atoms with E-state index in [0.29, 0.717) is 17.3 Å².